The number of hydrogen-bond acceptors (Lipinski definition) is 3. The molecule has 0 amide bonds. The Morgan fingerprint density at radius 3 is 2.50 bits per heavy atom. The third-order valence-corrected chi connectivity index (χ3v) is 3.25. The maximum absolute atomic E-state index is 13.2. The monoisotopic (exact) mass is 254 g/mol. The Bertz CT molecular complexity index is 403. The van der Waals surface area contributed by atoms with Gasteiger partial charge in [-0.2, -0.15) is 0 Å². The van der Waals surface area contributed by atoms with Crippen molar-refractivity contribution in [1.82, 2.24) is 4.90 Å². The fraction of sp³-hybridized carbons (Fsp3) is 0.571. The maximum Gasteiger partial charge on any atom is 0.124 e. The van der Waals surface area contributed by atoms with Crippen LogP contribution in [-0.4, -0.2) is 31.1 Å². The number of nitrogens with zero attached hydrogens (tertiary/aromatic N) is 1. The first-order valence-corrected chi connectivity index (χ1v) is 6.09. The van der Waals surface area contributed by atoms with Crippen molar-refractivity contribution in [1.29, 1.82) is 0 Å². The van der Waals surface area contributed by atoms with Crippen LogP contribution in [0.2, 0.25) is 0 Å². The highest BCUT2D eigenvalue weighted by atomic mass is 19.1. The largest absolute Gasteiger partial charge is 0.491 e. The molecule has 1 aromatic carbocycles. The van der Waals surface area contributed by atoms with Crippen LogP contribution in [0.4, 0.5) is 4.39 Å². The molecule has 102 valence electrons. The number of rotatable bonds is 5. The molecule has 2 N–H and O–H groups in total. The first kappa shape index (κ1) is 14.9. The Hall–Kier alpha value is -1.13. The molecule has 0 aliphatic rings. The summed E-state index contributed by atoms with van der Waals surface area (Å²) in [4.78, 5) is 2.09. The van der Waals surface area contributed by atoms with Crippen LogP contribution >= 0.6 is 0 Å². The fourth-order valence-electron chi connectivity index (χ4n) is 1.39. The summed E-state index contributed by atoms with van der Waals surface area (Å²) in [5.74, 6) is 0.364. The minimum atomic E-state index is -0.290. The van der Waals surface area contributed by atoms with E-state index in [9.17, 15) is 4.39 Å². The van der Waals surface area contributed by atoms with Gasteiger partial charge >= 0.3 is 0 Å². The average Bonchev–Trinajstić information content (AvgIpc) is 2.27. The van der Waals surface area contributed by atoms with Crippen LogP contribution in [-0.2, 0) is 0 Å². The molecule has 0 radical (unpaired) electrons. The third kappa shape index (κ3) is 3.68. The van der Waals surface area contributed by atoms with Gasteiger partial charge in [-0.15, -0.1) is 0 Å². The van der Waals surface area contributed by atoms with Crippen molar-refractivity contribution in [3.05, 3.63) is 29.6 Å². The van der Waals surface area contributed by atoms with Gasteiger partial charge in [-0.05, 0) is 53.1 Å². The van der Waals surface area contributed by atoms with E-state index in [0.29, 0.717) is 17.9 Å². The predicted molar refractivity (Wildman–Crippen MR) is 72.3 cm³/mol. The van der Waals surface area contributed by atoms with E-state index in [1.807, 2.05) is 21.0 Å². The zero-order valence-electron chi connectivity index (χ0n) is 11.8. The first-order chi connectivity index (χ1) is 8.24. The van der Waals surface area contributed by atoms with Gasteiger partial charge in [-0.25, -0.2) is 4.39 Å². The van der Waals surface area contributed by atoms with Crippen molar-refractivity contribution in [2.75, 3.05) is 20.7 Å². The standard InChI is InChI=1S/C14H23FN2O/c1-10(16)12-8-11(15)6-7-13(12)18-9-14(2,3)17(4)5/h6-8,10H,9,16H2,1-5H3/t10-/m1/s1. The first-order valence-electron chi connectivity index (χ1n) is 6.09. The Kier molecular flexibility index (Phi) is 4.71. The summed E-state index contributed by atoms with van der Waals surface area (Å²) in [5, 5.41) is 0. The molecule has 0 aromatic heterocycles. The Morgan fingerprint density at radius 1 is 1.39 bits per heavy atom. The summed E-state index contributed by atoms with van der Waals surface area (Å²) >= 11 is 0. The summed E-state index contributed by atoms with van der Waals surface area (Å²) in [6.07, 6.45) is 0. The van der Waals surface area contributed by atoms with Crippen LogP contribution in [0.1, 0.15) is 32.4 Å². The highest BCUT2D eigenvalue weighted by molar-refractivity contribution is 5.36. The van der Waals surface area contributed by atoms with E-state index < -0.39 is 0 Å². The number of ether oxygens (including phenoxy) is 1. The van der Waals surface area contributed by atoms with Crippen LogP contribution < -0.4 is 10.5 Å². The number of likely N-dealkylation sites (N-methyl/N-ethyl adjacent to an activating group) is 1. The molecule has 0 unspecified atom stereocenters. The van der Waals surface area contributed by atoms with Gasteiger partial charge in [0, 0.05) is 17.1 Å². The van der Waals surface area contributed by atoms with E-state index in [1.54, 1.807) is 6.07 Å². The zero-order valence-corrected chi connectivity index (χ0v) is 11.8. The zero-order chi connectivity index (χ0) is 13.9. The minimum absolute atomic E-state index is 0.0938. The van der Waals surface area contributed by atoms with Crippen molar-refractivity contribution >= 4 is 0 Å². The second-order valence-corrected chi connectivity index (χ2v) is 5.47. The van der Waals surface area contributed by atoms with Crippen molar-refractivity contribution in [3.8, 4) is 5.75 Å². The molecular weight excluding hydrogens is 231 g/mol. The maximum atomic E-state index is 13.2. The van der Waals surface area contributed by atoms with Gasteiger partial charge in [0.1, 0.15) is 18.2 Å². The van der Waals surface area contributed by atoms with Gasteiger partial charge in [-0.1, -0.05) is 0 Å². The van der Waals surface area contributed by atoms with Crippen LogP contribution in [0, 0.1) is 5.82 Å². The van der Waals surface area contributed by atoms with Crippen molar-refractivity contribution in [2.24, 2.45) is 5.73 Å². The predicted octanol–water partition coefficient (Wildman–Crippen LogP) is 2.56. The molecule has 0 aliphatic heterocycles. The Labute approximate surface area is 109 Å². The number of nitrogens with two attached hydrogens (primary N) is 1. The smallest absolute Gasteiger partial charge is 0.124 e. The molecule has 0 saturated carbocycles. The number of benzene rings is 1. The average molecular weight is 254 g/mol. The molecule has 0 fully saturated rings. The minimum Gasteiger partial charge on any atom is -0.491 e. The van der Waals surface area contributed by atoms with E-state index >= 15 is 0 Å². The second-order valence-electron chi connectivity index (χ2n) is 5.47. The van der Waals surface area contributed by atoms with Crippen molar-refractivity contribution < 1.29 is 9.13 Å². The molecule has 18 heavy (non-hydrogen) atoms. The molecule has 0 spiro atoms. The topological polar surface area (TPSA) is 38.5 Å². The lowest BCUT2D eigenvalue weighted by Crippen LogP contribution is -2.43. The SMILES string of the molecule is C[C@@H](N)c1cc(F)ccc1OCC(C)(C)N(C)C. The highest BCUT2D eigenvalue weighted by Gasteiger charge is 2.22. The van der Waals surface area contributed by atoms with Crippen LogP contribution in [0.3, 0.4) is 0 Å². The summed E-state index contributed by atoms with van der Waals surface area (Å²) in [6, 6.07) is 4.21. The molecule has 1 atom stereocenters. The lowest BCUT2D eigenvalue weighted by atomic mass is 10.1. The number of halogens is 1. The molecular formula is C14H23FN2O. The molecule has 0 saturated heterocycles. The molecule has 3 nitrogen and oxygen atoms in total. The normalized spacial score (nSPS) is 13.8. The second kappa shape index (κ2) is 5.67. The summed E-state index contributed by atoms with van der Waals surface area (Å²) in [6.45, 7) is 6.51. The highest BCUT2D eigenvalue weighted by Crippen LogP contribution is 2.26. The molecule has 0 heterocycles. The van der Waals surface area contributed by atoms with Crippen molar-refractivity contribution in [2.45, 2.75) is 32.4 Å². The lowest BCUT2D eigenvalue weighted by Gasteiger charge is -2.32. The Morgan fingerprint density at radius 2 is 2.00 bits per heavy atom. The Balaban J connectivity index is 2.85. The quantitative estimate of drug-likeness (QED) is 0.877. The summed E-state index contributed by atoms with van der Waals surface area (Å²) in [7, 11) is 4.00. The van der Waals surface area contributed by atoms with E-state index in [4.69, 9.17) is 10.5 Å². The van der Waals surface area contributed by atoms with Gasteiger partial charge in [0.05, 0.1) is 0 Å². The van der Waals surface area contributed by atoms with Crippen LogP contribution in [0.25, 0.3) is 0 Å². The van der Waals surface area contributed by atoms with Crippen LogP contribution in [0.15, 0.2) is 18.2 Å². The summed E-state index contributed by atoms with van der Waals surface area (Å²) in [5.41, 5.74) is 6.43. The van der Waals surface area contributed by atoms with Gasteiger partial charge in [0.15, 0.2) is 0 Å². The molecule has 4 heteroatoms. The molecule has 0 aliphatic carbocycles. The van der Waals surface area contributed by atoms with Gasteiger partial charge in [0.2, 0.25) is 0 Å². The lowest BCUT2D eigenvalue weighted by molar-refractivity contribution is 0.113. The van der Waals surface area contributed by atoms with Gasteiger partial charge in [0.25, 0.3) is 0 Å². The molecule has 1 rings (SSSR count). The summed E-state index contributed by atoms with van der Waals surface area (Å²) < 4.78 is 19.0. The van der Waals surface area contributed by atoms with Gasteiger partial charge < -0.3 is 15.4 Å². The van der Waals surface area contributed by atoms with Gasteiger partial charge in [-0.3, -0.25) is 0 Å². The number of hydrogen-bond donors (Lipinski definition) is 1. The van der Waals surface area contributed by atoms with E-state index in [0.717, 1.165) is 0 Å². The van der Waals surface area contributed by atoms with Crippen molar-refractivity contribution in [3.63, 3.8) is 0 Å². The van der Waals surface area contributed by atoms with E-state index in [2.05, 4.69) is 18.7 Å². The molecule has 0 bridgehead atoms. The van der Waals surface area contributed by atoms with Crippen LogP contribution in [0.5, 0.6) is 5.75 Å². The van der Waals surface area contributed by atoms with E-state index in [1.165, 1.54) is 12.1 Å². The third-order valence-electron chi connectivity index (χ3n) is 3.25. The van der Waals surface area contributed by atoms with E-state index in [-0.39, 0.29) is 17.4 Å². The fourth-order valence-corrected chi connectivity index (χ4v) is 1.39. The molecule has 1 aromatic rings.